The molecular weight excluding hydrogens is 849 g/mol. The van der Waals surface area contributed by atoms with E-state index < -0.39 is 23.6 Å². The Balaban J connectivity index is 0.00000741. The van der Waals surface area contributed by atoms with Crippen LogP contribution in [-0.2, 0) is 25.5 Å². The van der Waals surface area contributed by atoms with Crippen molar-refractivity contribution in [2.45, 2.75) is 158 Å². The van der Waals surface area contributed by atoms with E-state index in [1.165, 1.54) is 50.5 Å². The molecule has 3 unspecified atom stereocenters. The SMILES string of the molecule is C=Cc1c2[n-]c(c1C)/C=C1\[N-]C(C3=C4C(=C(O)[C@@H]3C(=O)OC=N)C(C)[C@@]3(/C=c5\[n-]/c(c(C)c5CC)=C\2)N[NH+]43)[C@@H](CCC(=O)OC/C=C(\C)CCC[C@H](C)CCC[C@H](C)CCCC(C)C)[C@@H]1C.[Mg+2]. The van der Waals surface area contributed by atoms with Crippen molar-refractivity contribution in [3.05, 3.63) is 96.2 Å². The molecule has 1 aliphatic carbocycles. The minimum atomic E-state index is -1.14. The number of aromatic nitrogens is 2. The third-order valence-corrected chi connectivity index (χ3v) is 15.7. The van der Waals surface area contributed by atoms with E-state index in [9.17, 15) is 14.7 Å². The van der Waals surface area contributed by atoms with Crippen molar-refractivity contribution < 1.29 is 29.2 Å². The summed E-state index contributed by atoms with van der Waals surface area (Å²) in [7, 11) is 0. The summed E-state index contributed by atoms with van der Waals surface area (Å²) in [6.45, 7) is 26.4. The van der Waals surface area contributed by atoms with Crippen LogP contribution >= 0.6 is 0 Å². The molecule has 0 spiro atoms. The molecule has 5 aliphatic rings. The molecule has 11 nitrogen and oxygen atoms in total. The van der Waals surface area contributed by atoms with Gasteiger partial charge in [-0.05, 0) is 101 Å². The van der Waals surface area contributed by atoms with Crippen LogP contribution in [0.4, 0.5) is 0 Å². The van der Waals surface area contributed by atoms with Gasteiger partial charge in [-0.3, -0.25) is 15.0 Å². The minimum absolute atomic E-state index is 0. The van der Waals surface area contributed by atoms with Crippen LogP contribution in [0.5, 0.6) is 0 Å². The molecule has 4 N–H and O–H groups in total. The van der Waals surface area contributed by atoms with E-state index in [-0.39, 0.29) is 65.6 Å². The zero-order valence-electron chi connectivity index (χ0n) is 42.1. The molecule has 0 amide bonds. The van der Waals surface area contributed by atoms with E-state index in [4.69, 9.17) is 30.2 Å². The molecule has 0 saturated carbocycles. The molecule has 358 valence electrons. The Morgan fingerprint density at radius 3 is 2.31 bits per heavy atom. The molecular formula is C55H76MgN6O5. The van der Waals surface area contributed by atoms with Gasteiger partial charge in [-0.1, -0.05) is 145 Å². The van der Waals surface area contributed by atoms with Crippen LogP contribution in [0.2, 0.25) is 0 Å². The van der Waals surface area contributed by atoms with Crippen LogP contribution in [-0.4, -0.2) is 64.8 Å². The number of aliphatic hydroxyl groups excluding tert-OH is 1. The van der Waals surface area contributed by atoms with Gasteiger partial charge < -0.3 is 29.9 Å². The van der Waals surface area contributed by atoms with Crippen LogP contribution in [0, 0.1) is 60.7 Å². The van der Waals surface area contributed by atoms with Crippen molar-refractivity contribution in [3.63, 3.8) is 0 Å². The number of quaternary nitrogens is 1. The first-order chi connectivity index (χ1) is 31.5. The number of carbonyl (C=O) groups excluding carboxylic acids is 2. The Kier molecular flexibility index (Phi) is 17.2. The number of nitrogens with zero attached hydrogens (tertiary/aromatic N) is 3. The van der Waals surface area contributed by atoms with Gasteiger partial charge in [0.25, 0.3) is 0 Å². The molecule has 9 atom stereocenters. The van der Waals surface area contributed by atoms with Crippen molar-refractivity contribution in [2.75, 3.05) is 6.61 Å². The number of esters is 2. The number of hydrogen-bond acceptors (Lipinski definition) is 7. The van der Waals surface area contributed by atoms with Gasteiger partial charge in [0, 0.05) is 12.0 Å². The van der Waals surface area contributed by atoms with Gasteiger partial charge in [-0.15, -0.1) is 22.1 Å². The summed E-state index contributed by atoms with van der Waals surface area (Å²) in [5.74, 6) is -0.500. The van der Waals surface area contributed by atoms with E-state index in [1.54, 1.807) is 0 Å². The Bertz CT molecular complexity index is 2450. The maximum Gasteiger partial charge on any atom is 2.00 e. The molecule has 8 bridgehead atoms. The molecule has 6 heterocycles. The largest absolute Gasteiger partial charge is 2.00 e. The van der Waals surface area contributed by atoms with Gasteiger partial charge in [0.2, 0.25) is 5.66 Å². The summed E-state index contributed by atoms with van der Waals surface area (Å²) in [6, 6.07) is -0.581. The van der Waals surface area contributed by atoms with Crippen molar-refractivity contribution >= 4 is 65.7 Å². The van der Waals surface area contributed by atoms with Crippen LogP contribution in [0.25, 0.3) is 29.6 Å². The van der Waals surface area contributed by atoms with E-state index in [0.717, 1.165) is 91.8 Å². The van der Waals surface area contributed by atoms with Crippen LogP contribution < -0.4 is 31.1 Å². The number of fused-ring (bicyclic) bond motifs is 7. The monoisotopic (exact) mass is 925 g/mol. The predicted octanol–water partition coefficient (Wildman–Crippen LogP) is 8.32. The average molecular weight is 926 g/mol. The Morgan fingerprint density at radius 1 is 0.970 bits per heavy atom. The van der Waals surface area contributed by atoms with Crippen molar-refractivity contribution in [2.24, 2.45) is 41.4 Å². The molecule has 2 aromatic rings. The van der Waals surface area contributed by atoms with Crippen molar-refractivity contribution in [1.82, 2.24) is 15.4 Å². The van der Waals surface area contributed by atoms with Crippen LogP contribution in [0.15, 0.2) is 46.5 Å². The van der Waals surface area contributed by atoms with E-state index in [2.05, 4.69) is 86.5 Å². The number of aliphatic hydroxyl groups is 1. The quantitative estimate of drug-likeness (QED) is 0.0243. The third-order valence-electron chi connectivity index (χ3n) is 15.7. The first-order valence-electron chi connectivity index (χ1n) is 25.0. The average Bonchev–Trinajstić information content (AvgIpc) is 3.42. The number of nitrogens with one attached hydrogen (secondary N) is 3. The fourth-order valence-electron chi connectivity index (χ4n) is 11.5. The number of hydrogen-bond donors (Lipinski definition) is 4. The second kappa shape index (κ2) is 22.1. The smallest absolute Gasteiger partial charge is 0.681 e. The number of ether oxygens (including phenoxy) is 2. The maximum absolute atomic E-state index is 13.9. The first-order valence-corrected chi connectivity index (χ1v) is 25.0. The van der Waals surface area contributed by atoms with Gasteiger partial charge in [0.1, 0.15) is 18.3 Å². The first kappa shape index (κ1) is 52.3. The van der Waals surface area contributed by atoms with E-state index >= 15 is 0 Å². The minimum Gasteiger partial charge on any atom is -0.681 e. The number of rotatable bonds is 21. The topological polar surface area (TPSA) is 165 Å². The molecule has 2 aromatic heterocycles. The van der Waals surface area contributed by atoms with Crippen molar-refractivity contribution in [3.8, 4) is 0 Å². The van der Waals surface area contributed by atoms with Crippen LogP contribution in [0.3, 0.4) is 0 Å². The normalized spacial score (nSPS) is 27.4. The third kappa shape index (κ3) is 10.7. The Hall–Kier alpha value is -4.10. The Labute approximate surface area is 415 Å². The zero-order valence-corrected chi connectivity index (χ0v) is 43.5. The Morgan fingerprint density at radius 2 is 1.66 bits per heavy atom. The zero-order chi connectivity index (χ0) is 47.6. The fraction of sp³-hybridized carbons (Fsp3) is 0.582. The van der Waals surface area contributed by atoms with Gasteiger partial charge >= 0.3 is 35.0 Å². The molecule has 3 saturated heterocycles. The molecule has 7 rings (SSSR count). The van der Waals surface area contributed by atoms with Gasteiger partial charge in [0.15, 0.2) is 12.1 Å². The molecule has 3 fully saturated rings. The molecule has 0 aromatic carbocycles. The van der Waals surface area contributed by atoms with E-state index in [0.29, 0.717) is 29.9 Å². The standard InChI is InChI=1S/C55H75N6O5.Mg/c1-12-39-35(8)42-27-44-37(10)41(23-24-47(62)65-26-25-34(7)22-16-21-33(6)20-15-19-32(5)18-14-17-31(3)4)51(59-44)49-50(54(64)66-30-56)53(63)48-38(11)55(60-61(55)52(48)49)29-46-40(13-2)36(9)43(58-46)28-45(39)57-42;/h12,25,27-33,37-38,41,50-51,56,60,63H,1,13-24,26H2,2-11H3;/q-3;+2/p+1/b34-25+,43-28-,44-27-,46-29-,56-30?;/t32-,33-,37+,38?,41+,50-,51?,55+,61?;/m1./s1. The number of allylic oxidation sites excluding steroid dienone is 3. The number of carbonyl (C=O) groups is 2. The fourth-order valence-corrected chi connectivity index (χ4v) is 11.5. The van der Waals surface area contributed by atoms with Gasteiger partial charge in [-0.25, -0.2) is 0 Å². The maximum atomic E-state index is 13.9. The second-order valence-corrected chi connectivity index (χ2v) is 20.7. The summed E-state index contributed by atoms with van der Waals surface area (Å²) in [5.41, 5.74) is 13.0. The molecule has 4 aliphatic heterocycles. The van der Waals surface area contributed by atoms with Gasteiger partial charge in [-0.2, -0.15) is 10.7 Å². The van der Waals surface area contributed by atoms with E-state index in [1.807, 2.05) is 25.2 Å². The molecule has 0 radical (unpaired) electrons. The van der Waals surface area contributed by atoms with Gasteiger partial charge in [0.05, 0.1) is 11.5 Å². The summed E-state index contributed by atoms with van der Waals surface area (Å²) < 4.78 is 11.1. The second-order valence-electron chi connectivity index (χ2n) is 20.7. The van der Waals surface area contributed by atoms with Crippen molar-refractivity contribution in [1.29, 1.82) is 5.41 Å². The molecule has 67 heavy (non-hydrogen) atoms. The molecule has 12 heteroatoms. The summed E-state index contributed by atoms with van der Waals surface area (Å²) in [4.78, 5) is 37.7. The predicted molar refractivity (Wildman–Crippen MR) is 269 cm³/mol. The summed E-state index contributed by atoms with van der Waals surface area (Å²) in [6.07, 6.45) is 23.4. The van der Waals surface area contributed by atoms with Crippen LogP contribution in [0.1, 0.15) is 160 Å². The summed E-state index contributed by atoms with van der Waals surface area (Å²) in [5, 5.41) is 27.8. The summed E-state index contributed by atoms with van der Waals surface area (Å²) >= 11 is 0.